The van der Waals surface area contributed by atoms with E-state index in [2.05, 4.69) is 27.4 Å². The van der Waals surface area contributed by atoms with Gasteiger partial charge in [-0.05, 0) is 37.5 Å². The maximum absolute atomic E-state index is 6.22. The van der Waals surface area contributed by atoms with Crippen LogP contribution in [0.1, 0.15) is 43.8 Å². The molecule has 0 aliphatic heterocycles. The highest BCUT2D eigenvalue weighted by Crippen LogP contribution is 2.27. The minimum absolute atomic E-state index is 0.0336. The van der Waals surface area contributed by atoms with Gasteiger partial charge >= 0.3 is 0 Å². The first-order valence-corrected chi connectivity index (χ1v) is 7.74. The zero-order valence-corrected chi connectivity index (χ0v) is 13.8. The smallest absolute Gasteiger partial charge is 0.243 e. The summed E-state index contributed by atoms with van der Waals surface area (Å²) in [6, 6.07) is 5.41. The molecule has 0 spiro atoms. The second-order valence-corrected chi connectivity index (χ2v) is 5.61. The van der Waals surface area contributed by atoms with E-state index in [1.165, 1.54) is 0 Å². The molecule has 1 aromatic heterocycles. The number of benzene rings is 1. The summed E-state index contributed by atoms with van der Waals surface area (Å²) in [5.41, 5.74) is 2.87. The molecule has 0 bridgehead atoms. The Morgan fingerprint density at radius 1 is 1.10 bits per heavy atom. The van der Waals surface area contributed by atoms with Gasteiger partial charge in [0.25, 0.3) is 0 Å². The van der Waals surface area contributed by atoms with Crippen molar-refractivity contribution in [2.45, 2.75) is 39.7 Å². The Balaban J connectivity index is 2.21. The van der Waals surface area contributed by atoms with Crippen molar-refractivity contribution in [3.8, 4) is 0 Å². The lowest BCUT2D eigenvalue weighted by Crippen LogP contribution is -2.13. The summed E-state index contributed by atoms with van der Waals surface area (Å²) in [7, 11) is 0. The summed E-state index contributed by atoms with van der Waals surface area (Å²) in [4.78, 5) is 4.52. The number of hydrogen-bond acceptors (Lipinski definition) is 4. The molecule has 1 aromatic carbocycles. The summed E-state index contributed by atoms with van der Waals surface area (Å²) >= 11 is 12.1. The van der Waals surface area contributed by atoms with E-state index in [-0.39, 0.29) is 6.04 Å². The molecule has 0 aliphatic rings. The third-order valence-corrected chi connectivity index (χ3v) is 3.85. The van der Waals surface area contributed by atoms with Crippen LogP contribution in [-0.2, 0) is 12.8 Å². The fraction of sp³-hybridized carbons (Fsp3) is 0.400. The van der Waals surface area contributed by atoms with Crippen molar-refractivity contribution < 1.29 is 0 Å². The van der Waals surface area contributed by atoms with Crippen molar-refractivity contribution in [1.29, 1.82) is 0 Å². The fourth-order valence-corrected chi connectivity index (χ4v) is 2.70. The predicted octanol–water partition coefficient (Wildman–Crippen LogP) is 4.48. The lowest BCUT2D eigenvalue weighted by atomic mass is 10.1. The molecular weight excluding hydrogens is 307 g/mol. The number of aromatic nitrogens is 3. The van der Waals surface area contributed by atoms with Crippen LogP contribution in [0, 0.1) is 0 Å². The highest BCUT2D eigenvalue weighted by molar-refractivity contribution is 6.35. The molecule has 2 aromatic rings. The van der Waals surface area contributed by atoms with Crippen molar-refractivity contribution in [3.63, 3.8) is 0 Å². The van der Waals surface area contributed by atoms with Gasteiger partial charge in [0, 0.05) is 10.0 Å². The average Bonchev–Trinajstić information content (AvgIpc) is 2.46. The molecule has 0 amide bonds. The van der Waals surface area contributed by atoms with E-state index < -0.39 is 0 Å². The van der Waals surface area contributed by atoms with Crippen molar-refractivity contribution in [2.24, 2.45) is 0 Å². The third kappa shape index (κ3) is 3.83. The lowest BCUT2D eigenvalue weighted by Gasteiger charge is -2.16. The maximum Gasteiger partial charge on any atom is 0.243 e. The van der Waals surface area contributed by atoms with Crippen LogP contribution < -0.4 is 5.32 Å². The molecule has 1 heterocycles. The highest BCUT2D eigenvalue weighted by atomic mass is 35.5. The number of nitrogens with one attached hydrogen (secondary N) is 1. The lowest BCUT2D eigenvalue weighted by molar-refractivity contribution is 0.790. The summed E-state index contributed by atoms with van der Waals surface area (Å²) in [5, 5.41) is 12.8. The Kier molecular flexibility index (Phi) is 5.37. The van der Waals surface area contributed by atoms with Gasteiger partial charge in [-0.25, -0.2) is 4.98 Å². The Morgan fingerprint density at radius 2 is 1.81 bits per heavy atom. The van der Waals surface area contributed by atoms with Crippen LogP contribution in [0.25, 0.3) is 0 Å². The number of hydrogen-bond donors (Lipinski definition) is 1. The first-order chi connectivity index (χ1) is 10.0. The van der Waals surface area contributed by atoms with Crippen LogP contribution in [0.5, 0.6) is 0 Å². The molecule has 6 heteroatoms. The average molecular weight is 325 g/mol. The number of rotatable bonds is 5. The molecular formula is C15H18Cl2N4. The van der Waals surface area contributed by atoms with E-state index in [4.69, 9.17) is 23.2 Å². The van der Waals surface area contributed by atoms with Crippen molar-refractivity contribution >= 4 is 29.2 Å². The predicted molar refractivity (Wildman–Crippen MR) is 87.1 cm³/mol. The molecule has 4 nitrogen and oxygen atoms in total. The molecule has 0 aliphatic carbocycles. The zero-order chi connectivity index (χ0) is 15.4. The monoisotopic (exact) mass is 324 g/mol. The summed E-state index contributed by atoms with van der Waals surface area (Å²) in [5.74, 6) is 0.516. The van der Waals surface area contributed by atoms with Crippen LogP contribution in [0.4, 0.5) is 5.95 Å². The zero-order valence-electron chi connectivity index (χ0n) is 12.3. The third-order valence-electron chi connectivity index (χ3n) is 3.28. The first-order valence-electron chi connectivity index (χ1n) is 6.99. The van der Waals surface area contributed by atoms with Crippen molar-refractivity contribution in [3.05, 3.63) is 45.2 Å². The maximum atomic E-state index is 6.22. The molecule has 1 atom stereocenters. The van der Waals surface area contributed by atoms with Gasteiger partial charge in [0.1, 0.15) is 0 Å². The molecule has 2 rings (SSSR count). The number of halogens is 2. The van der Waals surface area contributed by atoms with Crippen LogP contribution in [-0.4, -0.2) is 15.2 Å². The summed E-state index contributed by atoms with van der Waals surface area (Å²) in [6.45, 7) is 6.11. The molecule has 0 saturated heterocycles. The van der Waals surface area contributed by atoms with Gasteiger partial charge in [-0.1, -0.05) is 43.1 Å². The van der Waals surface area contributed by atoms with E-state index in [0.29, 0.717) is 16.0 Å². The SMILES string of the molecule is CCc1nnc(NC(C)c2ccc(Cl)cc2Cl)nc1CC. The number of nitrogens with zero attached hydrogens (tertiary/aromatic N) is 3. The quantitative estimate of drug-likeness (QED) is 0.881. The van der Waals surface area contributed by atoms with Gasteiger partial charge in [0.15, 0.2) is 0 Å². The molecule has 0 fully saturated rings. The van der Waals surface area contributed by atoms with Crippen LogP contribution >= 0.6 is 23.2 Å². The largest absolute Gasteiger partial charge is 0.346 e. The Hall–Kier alpha value is -1.39. The summed E-state index contributed by atoms with van der Waals surface area (Å²) in [6.07, 6.45) is 1.67. The minimum atomic E-state index is -0.0336. The van der Waals surface area contributed by atoms with E-state index in [9.17, 15) is 0 Å². The molecule has 0 saturated carbocycles. The molecule has 1 unspecified atom stereocenters. The van der Waals surface area contributed by atoms with Crippen molar-refractivity contribution in [1.82, 2.24) is 15.2 Å². The van der Waals surface area contributed by atoms with Gasteiger partial charge in [-0.3, -0.25) is 0 Å². The van der Waals surface area contributed by atoms with E-state index in [1.54, 1.807) is 6.07 Å². The fourth-order valence-electron chi connectivity index (χ4n) is 2.12. The standard InChI is InChI=1S/C15H18Cl2N4/c1-4-13-14(5-2)20-21-15(19-13)18-9(3)11-7-6-10(16)8-12(11)17/h6-9H,4-5H2,1-3H3,(H,18,19,21). The molecule has 0 radical (unpaired) electrons. The second kappa shape index (κ2) is 7.05. The topological polar surface area (TPSA) is 50.7 Å². The minimum Gasteiger partial charge on any atom is -0.346 e. The van der Waals surface area contributed by atoms with Gasteiger partial charge in [0.05, 0.1) is 17.4 Å². The normalized spacial score (nSPS) is 12.2. The Labute approximate surface area is 134 Å². The van der Waals surface area contributed by atoms with E-state index in [1.807, 2.05) is 26.0 Å². The van der Waals surface area contributed by atoms with Crippen LogP contribution in [0.2, 0.25) is 10.0 Å². The van der Waals surface area contributed by atoms with E-state index >= 15 is 0 Å². The highest BCUT2D eigenvalue weighted by Gasteiger charge is 2.13. The number of aryl methyl sites for hydroxylation is 2. The van der Waals surface area contributed by atoms with Crippen LogP contribution in [0.3, 0.4) is 0 Å². The van der Waals surface area contributed by atoms with Gasteiger partial charge < -0.3 is 5.32 Å². The van der Waals surface area contributed by atoms with Crippen LogP contribution in [0.15, 0.2) is 18.2 Å². The first kappa shape index (κ1) is 16.0. The molecule has 1 N–H and O–H groups in total. The second-order valence-electron chi connectivity index (χ2n) is 4.77. The van der Waals surface area contributed by atoms with Gasteiger partial charge in [0.2, 0.25) is 5.95 Å². The van der Waals surface area contributed by atoms with Crippen molar-refractivity contribution in [2.75, 3.05) is 5.32 Å². The summed E-state index contributed by atoms with van der Waals surface area (Å²) < 4.78 is 0. The Morgan fingerprint density at radius 3 is 2.43 bits per heavy atom. The molecule has 112 valence electrons. The molecule has 21 heavy (non-hydrogen) atoms. The van der Waals surface area contributed by atoms with Gasteiger partial charge in [-0.2, -0.15) is 5.10 Å². The Bertz CT molecular complexity index is 631. The number of anilines is 1. The van der Waals surface area contributed by atoms with E-state index in [0.717, 1.165) is 29.8 Å². The van der Waals surface area contributed by atoms with Gasteiger partial charge in [-0.15, -0.1) is 5.10 Å².